The molecule has 1 atom stereocenters. The lowest BCUT2D eigenvalue weighted by Crippen LogP contribution is -2.39. The number of hydrogen-bond acceptors (Lipinski definition) is 6. The molecule has 27 heavy (non-hydrogen) atoms. The van der Waals surface area contributed by atoms with Gasteiger partial charge in [-0.05, 0) is 32.8 Å². The van der Waals surface area contributed by atoms with Crippen molar-refractivity contribution in [1.82, 2.24) is 25.0 Å². The van der Waals surface area contributed by atoms with Crippen molar-refractivity contribution in [1.29, 1.82) is 0 Å². The summed E-state index contributed by atoms with van der Waals surface area (Å²) >= 11 is 0. The zero-order valence-electron chi connectivity index (χ0n) is 15.4. The standard InChI is InChI=1S/C20H21N5O2/c1-13-19(14(2)27-24-13)15-5-6-17(23-10-15)16-4-3-9-25(12-16)20(26)18-11-21-7-8-22-18/h5-8,10-11,16H,3-4,9,12H2,1-2H3/t16-/m0/s1. The third kappa shape index (κ3) is 3.45. The molecule has 4 rings (SSSR count). The lowest BCUT2D eigenvalue weighted by Gasteiger charge is -2.32. The van der Waals surface area contributed by atoms with E-state index in [2.05, 4.69) is 26.2 Å². The molecule has 7 heteroatoms. The van der Waals surface area contributed by atoms with Crippen LogP contribution in [0.5, 0.6) is 0 Å². The Morgan fingerprint density at radius 3 is 2.74 bits per heavy atom. The van der Waals surface area contributed by atoms with E-state index in [9.17, 15) is 4.79 Å². The number of likely N-dealkylation sites (tertiary alicyclic amines) is 1. The smallest absolute Gasteiger partial charge is 0.274 e. The van der Waals surface area contributed by atoms with Crippen LogP contribution in [0.15, 0.2) is 41.4 Å². The van der Waals surface area contributed by atoms with Gasteiger partial charge in [0.1, 0.15) is 11.5 Å². The summed E-state index contributed by atoms with van der Waals surface area (Å²) in [6, 6.07) is 4.10. The van der Waals surface area contributed by atoms with Crippen LogP contribution in [-0.4, -0.2) is 44.0 Å². The molecule has 1 fully saturated rings. The van der Waals surface area contributed by atoms with Gasteiger partial charge in [0.2, 0.25) is 0 Å². The van der Waals surface area contributed by atoms with Gasteiger partial charge in [0.05, 0.1) is 11.9 Å². The molecule has 0 bridgehead atoms. The maximum atomic E-state index is 12.6. The van der Waals surface area contributed by atoms with Crippen molar-refractivity contribution in [2.75, 3.05) is 13.1 Å². The summed E-state index contributed by atoms with van der Waals surface area (Å²) in [4.78, 5) is 27.3. The van der Waals surface area contributed by atoms with Gasteiger partial charge >= 0.3 is 0 Å². The molecule has 0 unspecified atom stereocenters. The van der Waals surface area contributed by atoms with Crippen molar-refractivity contribution in [3.63, 3.8) is 0 Å². The highest BCUT2D eigenvalue weighted by Crippen LogP contribution is 2.30. The summed E-state index contributed by atoms with van der Waals surface area (Å²) in [7, 11) is 0. The molecule has 7 nitrogen and oxygen atoms in total. The van der Waals surface area contributed by atoms with Crippen molar-refractivity contribution < 1.29 is 9.32 Å². The van der Waals surface area contributed by atoms with E-state index in [1.165, 1.54) is 6.20 Å². The molecule has 138 valence electrons. The molecule has 4 heterocycles. The van der Waals surface area contributed by atoms with Gasteiger partial charge in [-0.15, -0.1) is 0 Å². The topological polar surface area (TPSA) is 85.0 Å². The van der Waals surface area contributed by atoms with Crippen LogP contribution in [0.2, 0.25) is 0 Å². The fourth-order valence-corrected chi connectivity index (χ4v) is 3.66. The van der Waals surface area contributed by atoms with Gasteiger partial charge in [0.15, 0.2) is 0 Å². The number of amides is 1. The van der Waals surface area contributed by atoms with E-state index in [-0.39, 0.29) is 11.8 Å². The summed E-state index contributed by atoms with van der Waals surface area (Å²) in [5.41, 5.74) is 4.25. The van der Waals surface area contributed by atoms with Gasteiger partial charge in [-0.3, -0.25) is 14.8 Å². The van der Waals surface area contributed by atoms with Gasteiger partial charge in [-0.2, -0.15) is 0 Å². The molecule has 3 aromatic rings. The molecule has 0 saturated carbocycles. The molecule has 0 aliphatic carbocycles. The van der Waals surface area contributed by atoms with Crippen LogP contribution in [0.3, 0.4) is 0 Å². The van der Waals surface area contributed by atoms with Gasteiger partial charge in [-0.1, -0.05) is 11.2 Å². The summed E-state index contributed by atoms with van der Waals surface area (Å²) in [5.74, 6) is 0.943. The van der Waals surface area contributed by atoms with Crippen LogP contribution < -0.4 is 0 Å². The van der Waals surface area contributed by atoms with Crippen LogP contribution in [-0.2, 0) is 0 Å². The van der Waals surface area contributed by atoms with Crippen molar-refractivity contribution in [2.45, 2.75) is 32.6 Å². The number of carbonyl (C=O) groups is 1. The Bertz CT molecular complexity index is 917. The molecule has 3 aromatic heterocycles. The van der Waals surface area contributed by atoms with Crippen molar-refractivity contribution in [2.24, 2.45) is 0 Å². The quantitative estimate of drug-likeness (QED) is 0.710. The highest BCUT2D eigenvalue weighted by atomic mass is 16.5. The third-order valence-corrected chi connectivity index (χ3v) is 5.02. The first-order valence-corrected chi connectivity index (χ1v) is 9.08. The Labute approximate surface area is 157 Å². The highest BCUT2D eigenvalue weighted by Gasteiger charge is 2.27. The second-order valence-electron chi connectivity index (χ2n) is 6.85. The molecular weight excluding hydrogens is 342 g/mol. The van der Waals surface area contributed by atoms with E-state index in [0.29, 0.717) is 12.2 Å². The van der Waals surface area contributed by atoms with Crippen LogP contribution in [0.4, 0.5) is 0 Å². The van der Waals surface area contributed by atoms with E-state index in [1.807, 2.05) is 31.0 Å². The largest absolute Gasteiger partial charge is 0.361 e. The Balaban J connectivity index is 1.51. The lowest BCUT2D eigenvalue weighted by atomic mass is 9.93. The maximum Gasteiger partial charge on any atom is 0.274 e. The van der Waals surface area contributed by atoms with Gasteiger partial charge in [0, 0.05) is 54.4 Å². The lowest BCUT2D eigenvalue weighted by molar-refractivity contribution is 0.0699. The van der Waals surface area contributed by atoms with E-state index < -0.39 is 0 Å². The number of carbonyl (C=O) groups excluding carboxylic acids is 1. The number of aromatic nitrogens is 4. The number of aryl methyl sites for hydroxylation is 2. The fraction of sp³-hybridized carbons (Fsp3) is 0.350. The van der Waals surface area contributed by atoms with Crippen LogP contribution >= 0.6 is 0 Å². The highest BCUT2D eigenvalue weighted by molar-refractivity contribution is 5.92. The Hall–Kier alpha value is -3.09. The molecule has 1 saturated heterocycles. The summed E-state index contributed by atoms with van der Waals surface area (Å²) in [6.45, 7) is 5.22. The SMILES string of the molecule is Cc1noc(C)c1-c1ccc([C@H]2CCCN(C(=O)c3cnccn3)C2)nc1. The predicted octanol–water partition coefficient (Wildman–Crippen LogP) is 3.16. The minimum absolute atomic E-state index is 0.0693. The second-order valence-corrected chi connectivity index (χ2v) is 6.85. The number of nitrogens with zero attached hydrogens (tertiary/aromatic N) is 5. The molecule has 0 aromatic carbocycles. The monoisotopic (exact) mass is 363 g/mol. The van der Waals surface area contributed by atoms with E-state index in [1.54, 1.807) is 12.4 Å². The van der Waals surface area contributed by atoms with Gasteiger partial charge < -0.3 is 9.42 Å². The molecule has 0 spiro atoms. The number of rotatable bonds is 3. The normalized spacial score (nSPS) is 17.1. The number of pyridine rings is 1. The molecule has 1 amide bonds. The molecule has 0 radical (unpaired) electrons. The Morgan fingerprint density at radius 1 is 1.19 bits per heavy atom. The average molecular weight is 363 g/mol. The summed E-state index contributed by atoms with van der Waals surface area (Å²) in [6.07, 6.45) is 8.46. The molecule has 0 N–H and O–H groups in total. The summed E-state index contributed by atoms with van der Waals surface area (Å²) < 4.78 is 5.25. The van der Waals surface area contributed by atoms with E-state index in [4.69, 9.17) is 4.52 Å². The Kier molecular flexibility index (Phi) is 4.66. The van der Waals surface area contributed by atoms with Crippen LogP contribution in [0.25, 0.3) is 11.1 Å². The minimum atomic E-state index is -0.0693. The summed E-state index contributed by atoms with van der Waals surface area (Å²) in [5, 5.41) is 4.01. The molecule has 1 aliphatic rings. The van der Waals surface area contributed by atoms with Gasteiger partial charge in [-0.25, -0.2) is 4.98 Å². The zero-order valence-corrected chi connectivity index (χ0v) is 15.4. The van der Waals surface area contributed by atoms with E-state index in [0.717, 1.165) is 47.7 Å². The van der Waals surface area contributed by atoms with Crippen LogP contribution in [0.1, 0.15) is 46.4 Å². The second kappa shape index (κ2) is 7.26. The van der Waals surface area contributed by atoms with Gasteiger partial charge in [0.25, 0.3) is 5.91 Å². The maximum absolute atomic E-state index is 12.6. The Morgan fingerprint density at radius 2 is 2.07 bits per heavy atom. The predicted molar refractivity (Wildman–Crippen MR) is 99.1 cm³/mol. The fourth-order valence-electron chi connectivity index (χ4n) is 3.66. The first-order chi connectivity index (χ1) is 13.1. The number of piperidine rings is 1. The van der Waals surface area contributed by atoms with E-state index >= 15 is 0 Å². The minimum Gasteiger partial charge on any atom is -0.361 e. The third-order valence-electron chi connectivity index (χ3n) is 5.02. The average Bonchev–Trinajstić information content (AvgIpc) is 3.06. The van der Waals surface area contributed by atoms with Crippen molar-refractivity contribution >= 4 is 5.91 Å². The number of hydrogen-bond donors (Lipinski definition) is 0. The van der Waals surface area contributed by atoms with Crippen molar-refractivity contribution in [3.8, 4) is 11.1 Å². The molecular formula is C20H21N5O2. The first kappa shape index (κ1) is 17.3. The van der Waals surface area contributed by atoms with Crippen molar-refractivity contribution in [3.05, 3.63) is 59.8 Å². The first-order valence-electron chi connectivity index (χ1n) is 9.08. The van der Waals surface area contributed by atoms with Crippen LogP contribution in [0, 0.1) is 13.8 Å². The zero-order chi connectivity index (χ0) is 18.8. The molecule has 1 aliphatic heterocycles.